The second kappa shape index (κ2) is 9.31. The summed E-state index contributed by atoms with van der Waals surface area (Å²) in [4.78, 5) is 6.73. The van der Waals surface area contributed by atoms with Crippen molar-refractivity contribution in [2.75, 3.05) is 13.6 Å². The molecule has 1 aliphatic carbocycles. The Morgan fingerprint density at radius 1 is 1.24 bits per heavy atom. The first-order chi connectivity index (χ1) is 13.6. The highest BCUT2D eigenvalue weighted by Crippen LogP contribution is 2.25. The summed E-state index contributed by atoms with van der Waals surface area (Å²) in [5.74, 6) is 2.36. The summed E-state index contributed by atoms with van der Waals surface area (Å²) in [7, 11) is 1.99. The number of likely N-dealkylation sites (N-methyl/N-ethyl adjacent to an activating group) is 1. The van der Waals surface area contributed by atoms with Gasteiger partial charge in [0.05, 0.1) is 17.2 Å². The number of hydrogen-bond acceptors (Lipinski definition) is 4. The van der Waals surface area contributed by atoms with E-state index in [0.717, 1.165) is 51.0 Å². The van der Waals surface area contributed by atoms with Crippen LogP contribution in [-0.4, -0.2) is 24.2 Å². The second-order valence-electron chi connectivity index (χ2n) is 7.30. The monoisotopic (exact) mass is 389 g/mol. The van der Waals surface area contributed by atoms with E-state index in [-0.39, 0.29) is 0 Å². The van der Waals surface area contributed by atoms with Crippen molar-refractivity contribution in [3.8, 4) is 0 Å². The largest absolute Gasteiger partial charge is 0.462 e. The van der Waals surface area contributed by atoms with Crippen molar-refractivity contribution in [2.24, 2.45) is 4.99 Å². The van der Waals surface area contributed by atoms with E-state index in [2.05, 4.69) is 36.9 Å². The minimum atomic E-state index is 0.580. The number of aliphatic imine (C=N–C) groups is 1. The fourth-order valence-corrected chi connectivity index (χ4v) is 3.08. The van der Waals surface area contributed by atoms with Crippen molar-refractivity contribution in [3.63, 3.8) is 0 Å². The Labute approximate surface area is 175 Å². The van der Waals surface area contributed by atoms with E-state index in [4.69, 9.17) is 9.73 Å². The molecule has 2 rings (SSSR count). The number of allylic oxidation sites excluding steroid dienone is 6. The first kappa shape index (κ1) is 22.1. The van der Waals surface area contributed by atoms with Crippen LogP contribution in [0.2, 0.25) is 0 Å². The summed E-state index contributed by atoms with van der Waals surface area (Å²) in [5, 5.41) is 3.37. The molecule has 29 heavy (non-hydrogen) atoms. The lowest BCUT2D eigenvalue weighted by atomic mass is 10.1. The van der Waals surface area contributed by atoms with E-state index in [1.165, 1.54) is 0 Å². The SMILES string of the molecule is C=C(C)OC1=C(C)C=C=C(CNC(=C)C2=N/C(=C/C)N(C)C(C(=C)C)=C2)C=C1C. The van der Waals surface area contributed by atoms with Gasteiger partial charge < -0.3 is 15.0 Å². The summed E-state index contributed by atoms with van der Waals surface area (Å²) in [6.07, 6.45) is 7.99. The Kier molecular flexibility index (Phi) is 7.08. The maximum atomic E-state index is 5.78. The Morgan fingerprint density at radius 3 is 2.52 bits per heavy atom. The molecule has 0 spiro atoms. The maximum Gasteiger partial charge on any atom is 0.133 e. The molecule has 0 radical (unpaired) electrons. The van der Waals surface area contributed by atoms with E-state index in [1.54, 1.807) is 0 Å². The van der Waals surface area contributed by atoms with Gasteiger partial charge in [0.15, 0.2) is 0 Å². The van der Waals surface area contributed by atoms with Crippen LogP contribution in [0.5, 0.6) is 0 Å². The molecule has 0 atom stereocenters. The lowest BCUT2D eigenvalue weighted by molar-refractivity contribution is 0.315. The smallest absolute Gasteiger partial charge is 0.133 e. The fraction of sp³-hybridized carbons (Fsp3) is 0.280. The molecule has 1 aliphatic heterocycles. The van der Waals surface area contributed by atoms with Crippen LogP contribution in [0.3, 0.4) is 0 Å². The van der Waals surface area contributed by atoms with Crippen molar-refractivity contribution in [3.05, 3.63) is 101 Å². The third-order valence-corrected chi connectivity index (χ3v) is 4.57. The molecule has 152 valence electrons. The van der Waals surface area contributed by atoms with Gasteiger partial charge in [-0.1, -0.05) is 19.7 Å². The van der Waals surface area contributed by atoms with Crippen molar-refractivity contribution in [1.29, 1.82) is 0 Å². The van der Waals surface area contributed by atoms with Gasteiger partial charge in [-0.05, 0) is 75.6 Å². The molecule has 0 fully saturated rings. The van der Waals surface area contributed by atoms with Gasteiger partial charge in [0.1, 0.15) is 11.6 Å². The third-order valence-electron chi connectivity index (χ3n) is 4.57. The van der Waals surface area contributed by atoms with Crippen molar-refractivity contribution < 1.29 is 4.74 Å². The summed E-state index contributed by atoms with van der Waals surface area (Å²) in [6, 6.07) is 0. The summed E-state index contributed by atoms with van der Waals surface area (Å²) < 4.78 is 5.78. The predicted molar refractivity (Wildman–Crippen MR) is 123 cm³/mol. The molecule has 0 aromatic rings. The molecule has 0 saturated carbocycles. The average molecular weight is 390 g/mol. The third kappa shape index (κ3) is 5.40. The molecule has 4 nitrogen and oxygen atoms in total. The number of nitrogens with zero attached hydrogens (tertiary/aromatic N) is 2. The highest BCUT2D eigenvalue weighted by molar-refractivity contribution is 6.09. The molecule has 4 heteroatoms. The molecule has 2 aliphatic rings. The number of rotatable bonds is 7. The second-order valence-corrected chi connectivity index (χ2v) is 7.30. The minimum Gasteiger partial charge on any atom is -0.462 e. The normalized spacial score (nSPS) is 17.9. The Hall–Kier alpha value is -3.23. The van der Waals surface area contributed by atoms with Gasteiger partial charge in [0, 0.05) is 24.9 Å². The minimum absolute atomic E-state index is 0.580. The van der Waals surface area contributed by atoms with Gasteiger partial charge in [0.25, 0.3) is 0 Å². The molecular weight excluding hydrogens is 358 g/mol. The first-order valence-corrected chi connectivity index (χ1v) is 9.62. The Bertz CT molecular complexity index is 974. The lowest BCUT2D eigenvalue weighted by Crippen LogP contribution is -2.27. The molecule has 0 amide bonds. The molecule has 0 bridgehead atoms. The van der Waals surface area contributed by atoms with Crippen LogP contribution in [-0.2, 0) is 4.74 Å². The van der Waals surface area contributed by atoms with Crippen LogP contribution in [0.1, 0.15) is 34.6 Å². The number of nitrogens with one attached hydrogen (secondary N) is 1. The lowest BCUT2D eigenvalue weighted by Gasteiger charge is -2.28. The predicted octanol–water partition coefficient (Wildman–Crippen LogP) is 5.66. The number of ether oxygens (including phenoxy) is 1. The zero-order valence-electron chi connectivity index (χ0n) is 18.4. The van der Waals surface area contributed by atoms with Gasteiger partial charge in [-0.3, -0.25) is 0 Å². The van der Waals surface area contributed by atoms with Crippen molar-refractivity contribution >= 4 is 5.71 Å². The summed E-state index contributed by atoms with van der Waals surface area (Å²) in [6.45, 7) is 22.5. The van der Waals surface area contributed by atoms with Gasteiger partial charge in [-0.2, -0.15) is 0 Å². The Morgan fingerprint density at radius 2 is 1.93 bits per heavy atom. The van der Waals surface area contributed by atoms with E-state index < -0.39 is 0 Å². The molecule has 1 heterocycles. The zero-order valence-corrected chi connectivity index (χ0v) is 18.4. The van der Waals surface area contributed by atoms with E-state index in [9.17, 15) is 0 Å². The van der Waals surface area contributed by atoms with Gasteiger partial charge in [-0.25, -0.2) is 4.99 Å². The molecule has 0 saturated heterocycles. The van der Waals surface area contributed by atoms with E-state index in [0.29, 0.717) is 12.3 Å². The van der Waals surface area contributed by atoms with Crippen LogP contribution >= 0.6 is 0 Å². The molecular formula is C25H31N3O. The summed E-state index contributed by atoms with van der Waals surface area (Å²) >= 11 is 0. The quantitative estimate of drug-likeness (QED) is 0.451. The molecule has 0 aromatic carbocycles. The summed E-state index contributed by atoms with van der Waals surface area (Å²) in [5.41, 5.74) is 9.95. The van der Waals surface area contributed by atoms with Crippen molar-refractivity contribution in [2.45, 2.75) is 34.6 Å². The average Bonchev–Trinajstić information content (AvgIpc) is 2.79. The molecule has 1 N–H and O–H groups in total. The molecule has 0 unspecified atom stereocenters. The van der Waals surface area contributed by atoms with Crippen molar-refractivity contribution in [1.82, 2.24) is 10.2 Å². The topological polar surface area (TPSA) is 36.9 Å². The molecule has 0 aromatic heterocycles. The highest BCUT2D eigenvalue weighted by Gasteiger charge is 2.18. The zero-order chi connectivity index (χ0) is 21.7. The highest BCUT2D eigenvalue weighted by atomic mass is 16.5. The maximum absolute atomic E-state index is 5.78. The van der Waals surface area contributed by atoms with E-state index in [1.807, 2.05) is 64.8 Å². The van der Waals surface area contributed by atoms with Gasteiger partial charge >= 0.3 is 0 Å². The van der Waals surface area contributed by atoms with Crippen LogP contribution in [0.25, 0.3) is 0 Å². The van der Waals surface area contributed by atoms with Crippen LogP contribution < -0.4 is 5.32 Å². The van der Waals surface area contributed by atoms with Crippen LogP contribution in [0, 0.1) is 0 Å². The Balaban J connectivity index is 2.17. The first-order valence-electron chi connectivity index (χ1n) is 9.62. The van der Waals surface area contributed by atoms with Gasteiger partial charge in [0.2, 0.25) is 0 Å². The van der Waals surface area contributed by atoms with Crippen LogP contribution in [0.15, 0.2) is 106 Å². The van der Waals surface area contributed by atoms with E-state index >= 15 is 0 Å². The van der Waals surface area contributed by atoms with Crippen LogP contribution in [0.4, 0.5) is 0 Å². The fourth-order valence-electron chi connectivity index (χ4n) is 3.08. The van der Waals surface area contributed by atoms with Gasteiger partial charge in [-0.15, -0.1) is 5.73 Å². The number of hydrogen-bond donors (Lipinski definition) is 1. The standard InChI is InChI=1S/C25H31N3O/c1-10-24-27-22(14-23(16(2)3)28(24)9)20(8)26-15-21-12-11-18(6)25(19(7)13-21)29-17(4)5/h10-11,13-14,26H,2,4,8,15H2,1,3,5-7,9H3/b24-10-.